The number of hydrogen-bond donors (Lipinski definition) is 1. The van der Waals surface area contributed by atoms with E-state index in [0.29, 0.717) is 23.7 Å². The van der Waals surface area contributed by atoms with Crippen LogP contribution in [-0.2, 0) is 23.0 Å². The van der Waals surface area contributed by atoms with Gasteiger partial charge < -0.3 is 14.6 Å². The van der Waals surface area contributed by atoms with Crippen LogP contribution in [0.5, 0.6) is 0 Å². The standard InChI is InChI=1S/C24H25N7O2/c1-14-8-17(6-7-33-14)31-22(10-23(32)29-20-13-27-30(3)15(20)2)28-21-12-26-19-5-4-16(11-25)9-18(19)24(21)31/h4-5,9,12-14,17H,6-8,10H2,1-3H3,(H,29,32)/t14-,17-/m1/s1. The van der Waals surface area contributed by atoms with Gasteiger partial charge in [0.2, 0.25) is 5.91 Å². The van der Waals surface area contributed by atoms with Crippen molar-refractivity contribution < 1.29 is 9.53 Å². The number of carbonyl (C=O) groups excluding carboxylic acids is 1. The highest BCUT2D eigenvalue weighted by Crippen LogP contribution is 2.34. The number of ether oxygens (including phenoxy) is 1. The highest BCUT2D eigenvalue weighted by molar-refractivity contribution is 6.03. The van der Waals surface area contributed by atoms with Crippen molar-refractivity contribution in [2.24, 2.45) is 7.05 Å². The summed E-state index contributed by atoms with van der Waals surface area (Å²) in [4.78, 5) is 22.4. The molecular formula is C24H25N7O2. The highest BCUT2D eigenvalue weighted by atomic mass is 16.5. The Labute approximate surface area is 191 Å². The fraction of sp³-hybridized carbons (Fsp3) is 0.375. The van der Waals surface area contributed by atoms with Crippen molar-refractivity contribution >= 4 is 33.5 Å². The Balaban J connectivity index is 1.62. The van der Waals surface area contributed by atoms with E-state index in [1.165, 1.54) is 0 Å². The summed E-state index contributed by atoms with van der Waals surface area (Å²) in [7, 11) is 1.84. The average Bonchev–Trinajstić information content (AvgIpc) is 3.33. The Kier molecular flexibility index (Phi) is 5.30. The lowest BCUT2D eigenvalue weighted by molar-refractivity contribution is -0.115. The van der Waals surface area contributed by atoms with Crippen molar-refractivity contribution in [3.63, 3.8) is 0 Å². The summed E-state index contributed by atoms with van der Waals surface area (Å²) in [6.07, 6.45) is 5.28. The quantitative estimate of drug-likeness (QED) is 0.517. The minimum absolute atomic E-state index is 0.115. The molecule has 0 spiro atoms. The van der Waals surface area contributed by atoms with Crippen molar-refractivity contribution in [2.75, 3.05) is 11.9 Å². The number of rotatable bonds is 4. The number of nitriles is 1. The number of carbonyl (C=O) groups is 1. The number of nitrogens with zero attached hydrogens (tertiary/aromatic N) is 6. The van der Waals surface area contributed by atoms with E-state index in [0.717, 1.165) is 40.5 Å². The molecule has 0 saturated carbocycles. The van der Waals surface area contributed by atoms with Crippen LogP contribution in [0.3, 0.4) is 0 Å². The second-order valence-corrected chi connectivity index (χ2v) is 8.59. The summed E-state index contributed by atoms with van der Waals surface area (Å²) in [5, 5.41) is 17.5. The molecule has 1 fully saturated rings. The number of benzene rings is 1. The predicted molar refractivity (Wildman–Crippen MR) is 124 cm³/mol. The Morgan fingerprint density at radius 1 is 1.33 bits per heavy atom. The maximum Gasteiger partial charge on any atom is 0.232 e. The first-order valence-electron chi connectivity index (χ1n) is 11.0. The molecule has 2 atom stereocenters. The van der Waals surface area contributed by atoms with E-state index >= 15 is 0 Å². The number of amides is 1. The van der Waals surface area contributed by atoms with Gasteiger partial charge in [-0.25, -0.2) is 4.98 Å². The van der Waals surface area contributed by atoms with Gasteiger partial charge in [0, 0.05) is 25.1 Å². The van der Waals surface area contributed by atoms with Crippen LogP contribution in [0.1, 0.15) is 42.9 Å². The monoisotopic (exact) mass is 443 g/mol. The van der Waals surface area contributed by atoms with Crippen LogP contribution in [0.15, 0.2) is 30.6 Å². The minimum atomic E-state index is -0.155. The zero-order valence-electron chi connectivity index (χ0n) is 18.9. The number of pyridine rings is 1. The maximum absolute atomic E-state index is 13.0. The highest BCUT2D eigenvalue weighted by Gasteiger charge is 2.27. The van der Waals surface area contributed by atoms with E-state index in [1.807, 2.05) is 26.1 Å². The molecule has 1 N–H and O–H groups in total. The molecule has 9 heteroatoms. The van der Waals surface area contributed by atoms with Crippen molar-refractivity contribution in [1.29, 1.82) is 5.26 Å². The van der Waals surface area contributed by atoms with E-state index in [-0.39, 0.29) is 24.5 Å². The smallest absolute Gasteiger partial charge is 0.232 e. The maximum atomic E-state index is 13.0. The first kappa shape index (κ1) is 21.1. The van der Waals surface area contributed by atoms with Crippen LogP contribution in [0, 0.1) is 18.3 Å². The molecule has 0 bridgehead atoms. The van der Waals surface area contributed by atoms with Crippen LogP contribution in [0.25, 0.3) is 21.9 Å². The first-order valence-corrected chi connectivity index (χ1v) is 11.0. The molecule has 33 heavy (non-hydrogen) atoms. The third kappa shape index (κ3) is 3.83. The minimum Gasteiger partial charge on any atom is -0.378 e. The van der Waals surface area contributed by atoms with Gasteiger partial charge >= 0.3 is 0 Å². The third-order valence-electron chi connectivity index (χ3n) is 6.37. The van der Waals surface area contributed by atoms with Crippen molar-refractivity contribution in [1.82, 2.24) is 24.3 Å². The molecule has 1 aliphatic rings. The van der Waals surface area contributed by atoms with Crippen LogP contribution in [-0.4, -0.2) is 42.9 Å². The number of imidazole rings is 1. The first-order chi connectivity index (χ1) is 15.9. The fourth-order valence-corrected chi connectivity index (χ4v) is 4.58. The lowest BCUT2D eigenvalue weighted by Gasteiger charge is -2.30. The summed E-state index contributed by atoms with van der Waals surface area (Å²) in [5.74, 6) is 0.526. The normalized spacial score (nSPS) is 18.5. The molecule has 9 nitrogen and oxygen atoms in total. The summed E-state index contributed by atoms with van der Waals surface area (Å²) < 4.78 is 9.68. The summed E-state index contributed by atoms with van der Waals surface area (Å²) in [6.45, 7) is 4.63. The number of aryl methyl sites for hydroxylation is 1. The second kappa shape index (κ2) is 8.30. The molecule has 0 radical (unpaired) electrons. The Morgan fingerprint density at radius 3 is 2.91 bits per heavy atom. The van der Waals surface area contributed by atoms with Crippen molar-refractivity contribution in [3.05, 3.63) is 47.7 Å². The Morgan fingerprint density at radius 2 is 2.18 bits per heavy atom. The fourth-order valence-electron chi connectivity index (χ4n) is 4.58. The third-order valence-corrected chi connectivity index (χ3v) is 6.37. The number of anilines is 1. The Bertz CT molecular complexity index is 1410. The molecule has 4 heterocycles. The molecule has 168 valence electrons. The summed E-state index contributed by atoms with van der Waals surface area (Å²) in [5.41, 5.74) is 4.57. The molecule has 1 aliphatic heterocycles. The number of nitrogens with one attached hydrogen (secondary N) is 1. The average molecular weight is 444 g/mol. The molecule has 3 aromatic heterocycles. The SMILES string of the molecule is Cc1c(NC(=O)Cc2nc3cnc4ccc(C#N)cc4c3n2[C@@H]2CCO[C@H](C)C2)cnn1C. The van der Waals surface area contributed by atoms with Gasteiger partial charge in [-0.15, -0.1) is 0 Å². The molecule has 4 aromatic rings. The molecule has 0 aliphatic carbocycles. The van der Waals surface area contributed by atoms with Crippen molar-refractivity contribution in [2.45, 2.75) is 45.3 Å². The van der Waals surface area contributed by atoms with E-state index in [1.54, 1.807) is 23.1 Å². The zero-order chi connectivity index (χ0) is 23.1. The molecule has 1 amide bonds. The number of hydrogen-bond acceptors (Lipinski definition) is 6. The topological polar surface area (TPSA) is 111 Å². The predicted octanol–water partition coefficient (Wildman–Crippen LogP) is 3.42. The zero-order valence-corrected chi connectivity index (χ0v) is 18.9. The lowest BCUT2D eigenvalue weighted by atomic mass is 10.0. The van der Waals surface area contributed by atoms with Gasteiger partial charge in [0.05, 0.1) is 59.0 Å². The van der Waals surface area contributed by atoms with E-state index in [9.17, 15) is 10.1 Å². The second-order valence-electron chi connectivity index (χ2n) is 8.59. The molecular weight excluding hydrogens is 418 g/mol. The lowest BCUT2D eigenvalue weighted by Crippen LogP contribution is -2.27. The van der Waals surface area contributed by atoms with Gasteiger partial charge in [-0.05, 0) is 44.9 Å². The van der Waals surface area contributed by atoms with E-state index < -0.39 is 0 Å². The van der Waals surface area contributed by atoms with Crippen LogP contribution < -0.4 is 5.32 Å². The van der Waals surface area contributed by atoms with E-state index in [4.69, 9.17) is 9.72 Å². The summed E-state index contributed by atoms with van der Waals surface area (Å²) >= 11 is 0. The molecule has 0 unspecified atom stereocenters. The van der Waals surface area contributed by atoms with Crippen LogP contribution >= 0.6 is 0 Å². The van der Waals surface area contributed by atoms with E-state index in [2.05, 4.69) is 33.0 Å². The van der Waals surface area contributed by atoms with Gasteiger partial charge in [-0.1, -0.05) is 0 Å². The molecule has 1 aromatic carbocycles. The largest absolute Gasteiger partial charge is 0.378 e. The van der Waals surface area contributed by atoms with Crippen LogP contribution in [0.4, 0.5) is 5.69 Å². The van der Waals surface area contributed by atoms with Gasteiger partial charge in [-0.2, -0.15) is 10.4 Å². The van der Waals surface area contributed by atoms with Crippen LogP contribution in [0.2, 0.25) is 0 Å². The van der Waals surface area contributed by atoms with Crippen molar-refractivity contribution in [3.8, 4) is 6.07 Å². The molecule has 1 saturated heterocycles. The number of aromatic nitrogens is 5. The van der Waals surface area contributed by atoms with Gasteiger partial charge in [0.25, 0.3) is 0 Å². The van der Waals surface area contributed by atoms with Gasteiger partial charge in [0.1, 0.15) is 11.3 Å². The number of fused-ring (bicyclic) bond motifs is 3. The van der Waals surface area contributed by atoms with Gasteiger partial charge in [0.15, 0.2) is 0 Å². The van der Waals surface area contributed by atoms with Gasteiger partial charge in [-0.3, -0.25) is 14.5 Å². The molecule has 5 rings (SSSR count). The summed E-state index contributed by atoms with van der Waals surface area (Å²) in [6, 6.07) is 7.83. The Hall–Kier alpha value is -3.77.